The molecule has 0 aliphatic rings. The zero-order valence-corrected chi connectivity index (χ0v) is 11.8. The Hall–Kier alpha value is -3.14. The topological polar surface area (TPSA) is 51.2 Å². The minimum Gasteiger partial charge on any atom is -0.410 e. The molecule has 0 saturated carbocycles. The maximum atomic E-state index is 11.8. The molecule has 0 radical (unpaired) electrons. The molecule has 4 heteroatoms. The summed E-state index contributed by atoms with van der Waals surface area (Å²) in [5.41, 5.74) is 2.07. The number of carbonyl (C=O) groups excluding carboxylic acids is 1. The van der Waals surface area contributed by atoms with Gasteiger partial charge in [-0.05, 0) is 29.8 Å². The summed E-state index contributed by atoms with van der Waals surface area (Å²) in [5, 5.41) is 2.60. The SMILES string of the molecule is O=C(Nc1ccc(-c2ccccc2)cn1)Oc1ccccc1. The van der Waals surface area contributed by atoms with E-state index in [1.54, 1.807) is 36.5 Å². The van der Waals surface area contributed by atoms with Crippen LogP contribution in [0.5, 0.6) is 5.75 Å². The van der Waals surface area contributed by atoms with Gasteiger partial charge < -0.3 is 4.74 Å². The smallest absolute Gasteiger partial charge is 0.410 e. The normalized spacial score (nSPS) is 10.0. The second-order valence-electron chi connectivity index (χ2n) is 4.63. The van der Waals surface area contributed by atoms with E-state index in [4.69, 9.17) is 4.74 Å². The molecule has 0 atom stereocenters. The van der Waals surface area contributed by atoms with Gasteiger partial charge in [0.1, 0.15) is 11.6 Å². The molecule has 3 rings (SSSR count). The number of aromatic nitrogens is 1. The number of nitrogens with one attached hydrogen (secondary N) is 1. The van der Waals surface area contributed by atoms with Gasteiger partial charge in [-0.25, -0.2) is 9.78 Å². The standard InChI is InChI=1S/C18H14N2O2/c21-18(22-16-9-5-2-6-10-16)20-17-12-11-15(13-19-17)14-7-3-1-4-8-14/h1-13H,(H,19,20,21). The average molecular weight is 290 g/mol. The van der Waals surface area contributed by atoms with Crippen LogP contribution in [0.25, 0.3) is 11.1 Å². The molecule has 0 aliphatic carbocycles. The highest BCUT2D eigenvalue weighted by Gasteiger charge is 2.06. The largest absolute Gasteiger partial charge is 0.418 e. The van der Waals surface area contributed by atoms with Gasteiger partial charge in [0, 0.05) is 11.8 Å². The Kier molecular flexibility index (Phi) is 4.11. The highest BCUT2D eigenvalue weighted by molar-refractivity contribution is 5.85. The number of anilines is 1. The molecule has 2 aromatic carbocycles. The third kappa shape index (κ3) is 3.49. The molecule has 0 aliphatic heterocycles. The van der Waals surface area contributed by atoms with Crippen molar-refractivity contribution in [2.45, 2.75) is 0 Å². The van der Waals surface area contributed by atoms with Crippen LogP contribution in [-0.4, -0.2) is 11.1 Å². The maximum Gasteiger partial charge on any atom is 0.418 e. The predicted molar refractivity (Wildman–Crippen MR) is 85.8 cm³/mol. The number of rotatable bonds is 3. The van der Waals surface area contributed by atoms with E-state index in [9.17, 15) is 4.79 Å². The van der Waals surface area contributed by atoms with Crippen LogP contribution < -0.4 is 10.1 Å². The third-order valence-corrected chi connectivity index (χ3v) is 3.05. The second-order valence-corrected chi connectivity index (χ2v) is 4.63. The van der Waals surface area contributed by atoms with Crippen LogP contribution in [0.4, 0.5) is 10.6 Å². The number of hydrogen-bond donors (Lipinski definition) is 1. The van der Waals surface area contributed by atoms with Gasteiger partial charge in [-0.2, -0.15) is 0 Å². The molecule has 0 spiro atoms. The average Bonchev–Trinajstić information content (AvgIpc) is 2.57. The highest BCUT2D eigenvalue weighted by Crippen LogP contribution is 2.19. The van der Waals surface area contributed by atoms with Crippen LogP contribution in [0.1, 0.15) is 0 Å². The fourth-order valence-electron chi connectivity index (χ4n) is 1.99. The maximum absolute atomic E-state index is 11.8. The fourth-order valence-corrected chi connectivity index (χ4v) is 1.99. The van der Waals surface area contributed by atoms with Gasteiger partial charge in [0.05, 0.1) is 0 Å². The van der Waals surface area contributed by atoms with Gasteiger partial charge in [0.25, 0.3) is 0 Å². The zero-order chi connectivity index (χ0) is 15.2. The first-order valence-corrected chi connectivity index (χ1v) is 6.86. The van der Waals surface area contributed by atoms with E-state index in [0.717, 1.165) is 11.1 Å². The lowest BCUT2D eigenvalue weighted by atomic mass is 10.1. The highest BCUT2D eigenvalue weighted by atomic mass is 16.6. The molecule has 0 saturated heterocycles. The molecular weight excluding hydrogens is 276 g/mol. The minimum absolute atomic E-state index is 0.445. The third-order valence-electron chi connectivity index (χ3n) is 3.05. The van der Waals surface area contributed by atoms with Crippen molar-refractivity contribution in [3.05, 3.63) is 79.0 Å². The van der Waals surface area contributed by atoms with Crippen molar-refractivity contribution in [1.82, 2.24) is 4.98 Å². The molecule has 0 fully saturated rings. The molecule has 22 heavy (non-hydrogen) atoms. The number of amides is 1. The predicted octanol–water partition coefficient (Wildman–Crippen LogP) is 4.36. The molecule has 0 unspecified atom stereocenters. The lowest BCUT2D eigenvalue weighted by Crippen LogP contribution is -2.17. The summed E-state index contributed by atoms with van der Waals surface area (Å²) in [5.74, 6) is 0.932. The summed E-state index contributed by atoms with van der Waals surface area (Å²) < 4.78 is 5.14. The van der Waals surface area contributed by atoms with E-state index >= 15 is 0 Å². The summed E-state index contributed by atoms with van der Waals surface area (Å²) in [6.45, 7) is 0. The number of nitrogens with zero attached hydrogens (tertiary/aromatic N) is 1. The molecule has 1 heterocycles. The molecule has 1 amide bonds. The molecule has 3 aromatic rings. The lowest BCUT2D eigenvalue weighted by molar-refractivity contribution is 0.215. The van der Waals surface area contributed by atoms with Crippen LogP contribution in [0.2, 0.25) is 0 Å². The Morgan fingerprint density at radius 1 is 0.818 bits per heavy atom. The van der Waals surface area contributed by atoms with Gasteiger partial charge in [-0.1, -0.05) is 48.5 Å². The molecular formula is C18H14N2O2. The Balaban J connectivity index is 1.65. The molecule has 1 N–H and O–H groups in total. The van der Waals surface area contributed by atoms with Crippen molar-refractivity contribution in [2.24, 2.45) is 0 Å². The van der Waals surface area contributed by atoms with E-state index in [1.807, 2.05) is 42.5 Å². The summed E-state index contributed by atoms with van der Waals surface area (Å²) >= 11 is 0. The van der Waals surface area contributed by atoms with Crippen molar-refractivity contribution < 1.29 is 9.53 Å². The summed E-state index contributed by atoms with van der Waals surface area (Å²) in [6, 6.07) is 22.5. The Labute approximate surface area is 128 Å². The van der Waals surface area contributed by atoms with Crippen molar-refractivity contribution in [2.75, 3.05) is 5.32 Å². The monoisotopic (exact) mass is 290 g/mol. The van der Waals surface area contributed by atoms with Crippen molar-refractivity contribution in [3.8, 4) is 16.9 Å². The second kappa shape index (κ2) is 6.54. The van der Waals surface area contributed by atoms with Crippen LogP contribution in [0, 0.1) is 0 Å². The number of para-hydroxylation sites is 1. The Morgan fingerprint density at radius 3 is 2.14 bits per heavy atom. The van der Waals surface area contributed by atoms with Crippen LogP contribution >= 0.6 is 0 Å². The fraction of sp³-hybridized carbons (Fsp3) is 0. The first-order chi connectivity index (χ1) is 10.8. The zero-order valence-electron chi connectivity index (χ0n) is 11.8. The van der Waals surface area contributed by atoms with Crippen molar-refractivity contribution in [3.63, 3.8) is 0 Å². The Morgan fingerprint density at radius 2 is 1.50 bits per heavy atom. The van der Waals surface area contributed by atoms with Crippen LogP contribution in [-0.2, 0) is 0 Å². The quantitative estimate of drug-likeness (QED) is 0.779. The van der Waals surface area contributed by atoms with Crippen LogP contribution in [0.3, 0.4) is 0 Å². The van der Waals surface area contributed by atoms with E-state index in [1.165, 1.54) is 0 Å². The molecule has 0 bridgehead atoms. The molecule has 1 aromatic heterocycles. The van der Waals surface area contributed by atoms with Gasteiger partial charge in [0.15, 0.2) is 0 Å². The first kappa shape index (κ1) is 13.8. The van der Waals surface area contributed by atoms with E-state index in [-0.39, 0.29) is 0 Å². The van der Waals surface area contributed by atoms with Gasteiger partial charge in [0.2, 0.25) is 0 Å². The molecule has 4 nitrogen and oxygen atoms in total. The number of benzene rings is 2. The summed E-state index contributed by atoms with van der Waals surface area (Å²) in [7, 11) is 0. The van der Waals surface area contributed by atoms with Crippen molar-refractivity contribution in [1.29, 1.82) is 0 Å². The van der Waals surface area contributed by atoms with E-state index in [0.29, 0.717) is 11.6 Å². The number of ether oxygens (including phenoxy) is 1. The van der Waals surface area contributed by atoms with E-state index < -0.39 is 6.09 Å². The summed E-state index contributed by atoms with van der Waals surface area (Å²) in [4.78, 5) is 16.0. The first-order valence-electron chi connectivity index (χ1n) is 6.86. The van der Waals surface area contributed by atoms with Gasteiger partial charge >= 0.3 is 6.09 Å². The van der Waals surface area contributed by atoms with E-state index in [2.05, 4.69) is 10.3 Å². The van der Waals surface area contributed by atoms with Crippen molar-refractivity contribution >= 4 is 11.9 Å². The van der Waals surface area contributed by atoms with Gasteiger partial charge in [-0.3, -0.25) is 5.32 Å². The summed E-state index contributed by atoms with van der Waals surface area (Å²) in [6.07, 6.45) is 1.15. The van der Waals surface area contributed by atoms with Crippen LogP contribution in [0.15, 0.2) is 79.0 Å². The minimum atomic E-state index is -0.564. The number of pyridine rings is 1. The Bertz CT molecular complexity index is 741. The number of carbonyl (C=O) groups is 1. The number of hydrogen-bond acceptors (Lipinski definition) is 3. The van der Waals surface area contributed by atoms with Gasteiger partial charge in [-0.15, -0.1) is 0 Å². The lowest BCUT2D eigenvalue weighted by Gasteiger charge is -2.06. The molecule has 108 valence electrons.